The van der Waals surface area contributed by atoms with Crippen LogP contribution in [0.25, 0.3) is 16.9 Å². The standard InChI is InChI=1S/C21H15ClN4O/c22-17-6-4-5-16(13-17)21(27)24-20-14-19(15-9-11-23-12-10-15)25-26(20)18-7-2-1-3-8-18/h1-14H,(H,24,27). The Labute approximate surface area is 161 Å². The molecular weight excluding hydrogens is 360 g/mol. The Morgan fingerprint density at radius 3 is 2.44 bits per heavy atom. The summed E-state index contributed by atoms with van der Waals surface area (Å²) in [7, 11) is 0. The predicted octanol–water partition coefficient (Wildman–Crippen LogP) is 4.84. The van der Waals surface area contributed by atoms with Gasteiger partial charge in [0.2, 0.25) is 0 Å². The average Bonchev–Trinajstić information content (AvgIpc) is 3.13. The highest BCUT2D eigenvalue weighted by Gasteiger charge is 2.15. The van der Waals surface area contributed by atoms with E-state index in [9.17, 15) is 4.79 Å². The fraction of sp³-hybridized carbons (Fsp3) is 0. The zero-order valence-corrected chi connectivity index (χ0v) is 15.0. The van der Waals surface area contributed by atoms with Crippen LogP contribution in [0.1, 0.15) is 10.4 Å². The summed E-state index contributed by atoms with van der Waals surface area (Å²) in [6.07, 6.45) is 3.42. The van der Waals surface area contributed by atoms with Crippen LogP contribution in [-0.4, -0.2) is 20.7 Å². The lowest BCUT2D eigenvalue weighted by Gasteiger charge is -2.09. The largest absolute Gasteiger partial charge is 0.306 e. The number of aromatic nitrogens is 3. The van der Waals surface area contributed by atoms with E-state index in [0.717, 1.165) is 16.9 Å². The van der Waals surface area contributed by atoms with E-state index < -0.39 is 0 Å². The Balaban J connectivity index is 1.74. The summed E-state index contributed by atoms with van der Waals surface area (Å²) < 4.78 is 1.71. The van der Waals surface area contributed by atoms with Gasteiger partial charge in [-0.15, -0.1) is 0 Å². The minimum absolute atomic E-state index is 0.254. The van der Waals surface area contributed by atoms with E-state index in [2.05, 4.69) is 15.4 Å². The third-order valence-corrected chi connectivity index (χ3v) is 4.25. The number of para-hydroxylation sites is 1. The van der Waals surface area contributed by atoms with Crippen molar-refractivity contribution in [2.75, 3.05) is 5.32 Å². The molecule has 1 N–H and O–H groups in total. The van der Waals surface area contributed by atoms with Crippen molar-refractivity contribution in [1.29, 1.82) is 0 Å². The molecule has 2 aromatic heterocycles. The first-order valence-electron chi connectivity index (χ1n) is 8.33. The Kier molecular flexibility index (Phi) is 4.68. The number of pyridine rings is 1. The van der Waals surface area contributed by atoms with Crippen LogP contribution in [0.5, 0.6) is 0 Å². The van der Waals surface area contributed by atoms with Crippen LogP contribution in [0.15, 0.2) is 85.2 Å². The molecule has 4 aromatic rings. The molecule has 0 fully saturated rings. The van der Waals surface area contributed by atoms with E-state index in [1.807, 2.05) is 48.5 Å². The minimum Gasteiger partial charge on any atom is -0.306 e. The second-order valence-electron chi connectivity index (χ2n) is 5.86. The number of hydrogen-bond donors (Lipinski definition) is 1. The van der Waals surface area contributed by atoms with Gasteiger partial charge in [-0.05, 0) is 42.5 Å². The molecule has 0 saturated heterocycles. The highest BCUT2D eigenvalue weighted by molar-refractivity contribution is 6.31. The molecule has 0 spiro atoms. The third kappa shape index (κ3) is 3.73. The number of nitrogens with zero attached hydrogens (tertiary/aromatic N) is 3. The summed E-state index contributed by atoms with van der Waals surface area (Å²) in [6, 6.07) is 22.0. The number of halogens is 1. The van der Waals surface area contributed by atoms with Gasteiger partial charge in [-0.3, -0.25) is 9.78 Å². The van der Waals surface area contributed by atoms with E-state index in [1.54, 1.807) is 41.3 Å². The van der Waals surface area contributed by atoms with Crippen molar-refractivity contribution < 1.29 is 4.79 Å². The molecule has 6 heteroatoms. The number of hydrogen-bond acceptors (Lipinski definition) is 3. The van der Waals surface area contributed by atoms with E-state index >= 15 is 0 Å². The normalized spacial score (nSPS) is 10.6. The fourth-order valence-electron chi connectivity index (χ4n) is 2.72. The maximum absolute atomic E-state index is 12.7. The van der Waals surface area contributed by atoms with Crippen LogP contribution < -0.4 is 5.32 Å². The molecule has 2 heterocycles. The van der Waals surface area contributed by atoms with Gasteiger partial charge in [0, 0.05) is 34.6 Å². The Morgan fingerprint density at radius 1 is 0.926 bits per heavy atom. The van der Waals surface area contributed by atoms with Gasteiger partial charge < -0.3 is 5.32 Å². The van der Waals surface area contributed by atoms with Crippen LogP contribution in [0.3, 0.4) is 0 Å². The number of rotatable bonds is 4. The molecule has 1 amide bonds. The quantitative estimate of drug-likeness (QED) is 0.556. The van der Waals surface area contributed by atoms with Gasteiger partial charge in [0.05, 0.1) is 11.4 Å². The topological polar surface area (TPSA) is 59.8 Å². The molecule has 132 valence electrons. The summed E-state index contributed by atoms with van der Waals surface area (Å²) in [5.74, 6) is 0.314. The molecule has 0 aliphatic heterocycles. The molecule has 0 aliphatic rings. The first-order chi connectivity index (χ1) is 13.2. The highest BCUT2D eigenvalue weighted by atomic mass is 35.5. The number of anilines is 1. The lowest BCUT2D eigenvalue weighted by Crippen LogP contribution is -2.15. The van der Waals surface area contributed by atoms with Crippen LogP contribution in [0.2, 0.25) is 5.02 Å². The smallest absolute Gasteiger partial charge is 0.256 e. The van der Waals surface area contributed by atoms with Gasteiger partial charge in [0.25, 0.3) is 5.91 Å². The van der Waals surface area contributed by atoms with E-state index in [1.165, 1.54) is 0 Å². The van der Waals surface area contributed by atoms with Crippen molar-refractivity contribution in [2.45, 2.75) is 0 Å². The molecule has 0 saturated carbocycles. The first-order valence-corrected chi connectivity index (χ1v) is 8.71. The first kappa shape index (κ1) is 17.0. The van der Waals surface area contributed by atoms with Gasteiger partial charge in [-0.1, -0.05) is 35.9 Å². The van der Waals surface area contributed by atoms with Gasteiger partial charge in [0.1, 0.15) is 5.82 Å². The summed E-state index contributed by atoms with van der Waals surface area (Å²) in [6.45, 7) is 0. The number of benzene rings is 2. The zero-order chi connectivity index (χ0) is 18.6. The summed E-state index contributed by atoms with van der Waals surface area (Å²) in [5.41, 5.74) is 2.98. The lowest BCUT2D eigenvalue weighted by molar-refractivity contribution is 0.102. The Bertz CT molecular complexity index is 1080. The van der Waals surface area contributed by atoms with Crippen molar-refractivity contribution in [1.82, 2.24) is 14.8 Å². The Morgan fingerprint density at radius 2 is 1.70 bits per heavy atom. The van der Waals surface area contributed by atoms with E-state index in [4.69, 9.17) is 11.6 Å². The van der Waals surface area contributed by atoms with Gasteiger partial charge in [-0.25, -0.2) is 4.68 Å². The molecule has 2 aromatic carbocycles. The highest BCUT2D eigenvalue weighted by Crippen LogP contribution is 2.25. The maximum Gasteiger partial charge on any atom is 0.256 e. The van der Waals surface area contributed by atoms with Gasteiger partial charge >= 0.3 is 0 Å². The van der Waals surface area contributed by atoms with E-state index in [-0.39, 0.29) is 5.91 Å². The minimum atomic E-state index is -0.254. The van der Waals surface area contributed by atoms with Crippen LogP contribution >= 0.6 is 11.6 Å². The molecule has 0 aliphatic carbocycles. The SMILES string of the molecule is O=C(Nc1cc(-c2ccncc2)nn1-c1ccccc1)c1cccc(Cl)c1. The van der Waals surface area contributed by atoms with Crippen molar-refractivity contribution in [3.8, 4) is 16.9 Å². The van der Waals surface area contributed by atoms with Crippen molar-refractivity contribution in [2.24, 2.45) is 0 Å². The summed E-state index contributed by atoms with van der Waals surface area (Å²) in [5, 5.41) is 8.10. The predicted molar refractivity (Wildman–Crippen MR) is 106 cm³/mol. The summed E-state index contributed by atoms with van der Waals surface area (Å²) >= 11 is 6.00. The van der Waals surface area contributed by atoms with Crippen LogP contribution in [0.4, 0.5) is 5.82 Å². The van der Waals surface area contributed by atoms with Crippen molar-refractivity contribution in [3.05, 3.63) is 95.8 Å². The van der Waals surface area contributed by atoms with Crippen molar-refractivity contribution >= 4 is 23.3 Å². The number of carbonyl (C=O) groups is 1. The molecule has 4 rings (SSSR count). The van der Waals surface area contributed by atoms with E-state index in [0.29, 0.717) is 16.4 Å². The molecule has 5 nitrogen and oxygen atoms in total. The molecular formula is C21H15ClN4O. The maximum atomic E-state index is 12.7. The monoisotopic (exact) mass is 374 g/mol. The second-order valence-corrected chi connectivity index (χ2v) is 6.30. The van der Waals surface area contributed by atoms with Gasteiger partial charge in [-0.2, -0.15) is 5.10 Å². The zero-order valence-electron chi connectivity index (χ0n) is 14.2. The number of carbonyl (C=O) groups excluding carboxylic acids is 1. The number of nitrogens with one attached hydrogen (secondary N) is 1. The molecule has 27 heavy (non-hydrogen) atoms. The average molecular weight is 375 g/mol. The van der Waals surface area contributed by atoms with Crippen LogP contribution in [0, 0.1) is 0 Å². The Hall–Kier alpha value is -3.44. The second kappa shape index (κ2) is 7.43. The van der Waals surface area contributed by atoms with Crippen LogP contribution in [-0.2, 0) is 0 Å². The summed E-state index contributed by atoms with van der Waals surface area (Å²) in [4.78, 5) is 16.7. The fourth-order valence-corrected chi connectivity index (χ4v) is 2.91. The van der Waals surface area contributed by atoms with Crippen molar-refractivity contribution in [3.63, 3.8) is 0 Å². The lowest BCUT2D eigenvalue weighted by atomic mass is 10.2. The third-order valence-electron chi connectivity index (χ3n) is 4.01. The number of amides is 1. The van der Waals surface area contributed by atoms with Gasteiger partial charge in [0.15, 0.2) is 0 Å². The molecule has 0 atom stereocenters. The molecule has 0 radical (unpaired) electrons. The molecule has 0 bridgehead atoms. The molecule has 0 unspecified atom stereocenters.